The Morgan fingerprint density at radius 3 is 2.45 bits per heavy atom. The summed E-state index contributed by atoms with van der Waals surface area (Å²) in [6.45, 7) is 6.72. The molecule has 0 bridgehead atoms. The molecule has 0 aromatic carbocycles. The average molecular weight is 409 g/mol. The molecule has 4 N–H and O–H groups in total. The lowest BCUT2D eigenvalue weighted by Crippen LogP contribution is -2.62. The van der Waals surface area contributed by atoms with Crippen LogP contribution in [-0.2, 0) is 4.79 Å². The van der Waals surface area contributed by atoms with Gasteiger partial charge in [0.15, 0.2) is 0 Å². The molecule has 4 aliphatic carbocycles. The van der Waals surface area contributed by atoms with Crippen LogP contribution < -0.4 is 0 Å². The predicted octanol–water partition coefficient (Wildman–Crippen LogP) is 3.45. The maximum absolute atomic E-state index is 11.5. The van der Waals surface area contributed by atoms with Crippen LogP contribution in [0.4, 0.5) is 0 Å². The molecule has 4 aliphatic rings. The Morgan fingerprint density at radius 1 is 1.03 bits per heavy atom. The van der Waals surface area contributed by atoms with Crippen molar-refractivity contribution in [1.82, 2.24) is 0 Å². The van der Waals surface area contributed by atoms with Gasteiger partial charge in [0.25, 0.3) is 0 Å². The Hall–Kier alpha value is -0.650. The van der Waals surface area contributed by atoms with Crippen molar-refractivity contribution in [2.75, 3.05) is 0 Å². The van der Waals surface area contributed by atoms with Crippen LogP contribution in [0.5, 0.6) is 0 Å². The molecule has 5 nitrogen and oxygen atoms in total. The Balaban J connectivity index is 1.61. The van der Waals surface area contributed by atoms with E-state index in [1.54, 1.807) is 0 Å². The van der Waals surface area contributed by atoms with Gasteiger partial charge in [-0.1, -0.05) is 20.8 Å². The van der Waals surface area contributed by atoms with E-state index >= 15 is 0 Å². The normalized spacial score (nSPS) is 52.9. The van der Waals surface area contributed by atoms with Gasteiger partial charge in [-0.2, -0.15) is 0 Å². The molecule has 5 unspecified atom stereocenters. The lowest BCUT2D eigenvalue weighted by Gasteiger charge is -2.63. The number of aliphatic hydroxyl groups is 3. The Bertz CT molecular complexity index is 637. The number of fused-ring (bicyclic) bond motifs is 5. The van der Waals surface area contributed by atoms with E-state index in [4.69, 9.17) is 5.11 Å². The van der Waals surface area contributed by atoms with Gasteiger partial charge in [-0.15, -0.1) is 0 Å². The number of hydrogen-bond donors (Lipinski definition) is 4. The van der Waals surface area contributed by atoms with Crippen LogP contribution in [0.1, 0.15) is 78.6 Å². The van der Waals surface area contributed by atoms with Crippen LogP contribution >= 0.6 is 0 Å². The molecule has 4 fully saturated rings. The summed E-state index contributed by atoms with van der Waals surface area (Å²) in [5.74, 6) is 0.997. The smallest absolute Gasteiger partial charge is 0.303 e. The third-order valence-corrected chi connectivity index (χ3v) is 10.3. The summed E-state index contributed by atoms with van der Waals surface area (Å²) in [4.78, 5) is 11.1. The number of hydrogen-bond acceptors (Lipinski definition) is 4. The highest BCUT2D eigenvalue weighted by Gasteiger charge is 2.65. The topological polar surface area (TPSA) is 98.0 Å². The van der Waals surface area contributed by atoms with Crippen molar-refractivity contribution < 1.29 is 25.2 Å². The Kier molecular flexibility index (Phi) is 5.57. The van der Waals surface area contributed by atoms with Crippen molar-refractivity contribution in [2.45, 2.75) is 96.9 Å². The highest BCUT2D eigenvalue weighted by Crippen LogP contribution is 2.68. The SMILES string of the molecule is CC(CCC(=O)O)C1CC[C@H]2C3C(O)C[C@@H]4C[C@H](O)CC[C@]4(C)C3C[C@H](O)[C@]12C. The van der Waals surface area contributed by atoms with Crippen LogP contribution in [0.25, 0.3) is 0 Å². The van der Waals surface area contributed by atoms with Crippen molar-refractivity contribution in [1.29, 1.82) is 0 Å². The molecule has 5 heteroatoms. The van der Waals surface area contributed by atoms with E-state index in [1.165, 1.54) is 0 Å². The van der Waals surface area contributed by atoms with Gasteiger partial charge in [0, 0.05) is 6.42 Å². The summed E-state index contributed by atoms with van der Waals surface area (Å²) >= 11 is 0. The van der Waals surface area contributed by atoms with Crippen molar-refractivity contribution in [3.63, 3.8) is 0 Å². The monoisotopic (exact) mass is 408 g/mol. The maximum Gasteiger partial charge on any atom is 0.303 e. The summed E-state index contributed by atoms with van der Waals surface area (Å²) in [6, 6.07) is 0. The predicted molar refractivity (Wildman–Crippen MR) is 110 cm³/mol. The first-order valence-corrected chi connectivity index (χ1v) is 11.8. The summed E-state index contributed by atoms with van der Waals surface area (Å²) in [5.41, 5.74) is -0.143. The second-order valence-electron chi connectivity index (χ2n) is 11.4. The molecule has 4 saturated carbocycles. The fourth-order valence-electron chi connectivity index (χ4n) is 8.68. The first-order valence-electron chi connectivity index (χ1n) is 11.8. The number of aliphatic hydroxyl groups excluding tert-OH is 3. The zero-order valence-corrected chi connectivity index (χ0v) is 18.3. The maximum atomic E-state index is 11.5. The fraction of sp³-hybridized carbons (Fsp3) is 0.958. The minimum atomic E-state index is -0.748. The van der Waals surface area contributed by atoms with Crippen molar-refractivity contribution >= 4 is 5.97 Å². The van der Waals surface area contributed by atoms with Gasteiger partial charge < -0.3 is 20.4 Å². The Morgan fingerprint density at radius 2 is 1.76 bits per heavy atom. The van der Waals surface area contributed by atoms with Crippen LogP contribution in [-0.4, -0.2) is 44.7 Å². The van der Waals surface area contributed by atoms with E-state index in [0.29, 0.717) is 30.1 Å². The van der Waals surface area contributed by atoms with Crippen molar-refractivity contribution in [2.24, 2.45) is 46.3 Å². The summed E-state index contributed by atoms with van der Waals surface area (Å²) in [5, 5.41) is 42.0. The van der Waals surface area contributed by atoms with E-state index in [9.17, 15) is 20.1 Å². The lowest BCUT2D eigenvalue weighted by atomic mass is 9.43. The number of aliphatic carboxylic acids is 1. The van der Waals surface area contributed by atoms with E-state index < -0.39 is 12.1 Å². The number of carboxylic acid groups (broad SMARTS) is 1. The largest absolute Gasteiger partial charge is 0.481 e. The van der Waals surface area contributed by atoms with Crippen LogP contribution in [0.15, 0.2) is 0 Å². The molecule has 0 aromatic heterocycles. The molecule has 0 aliphatic heterocycles. The summed E-state index contributed by atoms with van der Waals surface area (Å²) in [6.07, 6.45) is 6.00. The van der Waals surface area contributed by atoms with E-state index in [0.717, 1.165) is 44.9 Å². The molecular formula is C24H40O5. The number of rotatable bonds is 4. The van der Waals surface area contributed by atoms with Gasteiger partial charge in [0.05, 0.1) is 18.3 Å². The first kappa shape index (κ1) is 21.6. The molecule has 0 saturated heterocycles. The highest BCUT2D eigenvalue weighted by molar-refractivity contribution is 5.66. The van der Waals surface area contributed by atoms with Crippen LogP contribution in [0.2, 0.25) is 0 Å². The second kappa shape index (κ2) is 7.49. The third-order valence-electron chi connectivity index (χ3n) is 10.3. The molecule has 0 spiro atoms. The second-order valence-corrected chi connectivity index (χ2v) is 11.4. The minimum Gasteiger partial charge on any atom is -0.481 e. The van der Waals surface area contributed by atoms with Gasteiger partial charge in [0.1, 0.15) is 0 Å². The van der Waals surface area contributed by atoms with E-state index in [-0.39, 0.29) is 41.3 Å². The molecule has 0 heterocycles. The fourth-order valence-corrected chi connectivity index (χ4v) is 8.68. The quantitative estimate of drug-likeness (QED) is 0.571. The first-order chi connectivity index (χ1) is 13.6. The number of carboxylic acids is 1. The summed E-state index contributed by atoms with van der Waals surface area (Å²) in [7, 11) is 0. The zero-order chi connectivity index (χ0) is 21.1. The van der Waals surface area contributed by atoms with Gasteiger partial charge >= 0.3 is 5.97 Å². The molecule has 11 atom stereocenters. The lowest BCUT2D eigenvalue weighted by molar-refractivity contribution is -0.207. The van der Waals surface area contributed by atoms with Crippen molar-refractivity contribution in [3.05, 3.63) is 0 Å². The molecule has 29 heavy (non-hydrogen) atoms. The van der Waals surface area contributed by atoms with Gasteiger partial charge in [0.2, 0.25) is 0 Å². The van der Waals surface area contributed by atoms with Gasteiger partial charge in [-0.05, 0) is 97.7 Å². The summed E-state index contributed by atoms with van der Waals surface area (Å²) < 4.78 is 0. The van der Waals surface area contributed by atoms with Crippen LogP contribution in [0, 0.1) is 46.3 Å². The minimum absolute atomic E-state index is 0.0957. The third kappa shape index (κ3) is 3.27. The van der Waals surface area contributed by atoms with Crippen LogP contribution in [0.3, 0.4) is 0 Å². The molecule has 4 rings (SSSR count). The molecule has 166 valence electrons. The molecule has 0 amide bonds. The van der Waals surface area contributed by atoms with Gasteiger partial charge in [-0.3, -0.25) is 4.79 Å². The Labute approximate surface area is 174 Å². The zero-order valence-electron chi connectivity index (χ0n) is 18.3. The van der Waals surface area contributed by atoms with Crippen molar-refractivity contribution in [3.8, 4) is 0 Å². The standard InChI is InChI=1S/C24H40O5/c1-13(4-7-21(28)29)16-5-6-17-22-18(12-20(27)24(16,17)3)23(2)9-8-15(25)10-14(23)11-19(22)26/h13-20,22,25-27H,4-12H2,1-3H3,(H,28,29)/t13?,14-,15+,16?,17-,18?,19?,20-,22?,23-,24+/m0/s1. The van der Waals surface area contributed by atoms with E-state index in [2.05, 4.69) is 20.8 Å². The molecule has 0 aromatic rings. The van der Waals surface area contributed by atoms with E-state index in [1.807, 2.05) is 0 Å². The molecular weight excluding hydrogens is 368 g/mol. The molecule has 0 radical (unpaired) electrons. The number of carbonyl (C=O) groups is 1. The van der Waals surface area contributed by atoms with Gasteiger partial charge in [-0.25, -0.2) is 0 Å². The highest BCUT2D eigenvalue weighted by atomic mass is 16.4. The average Bonchev–Trinajstić information content (AvgIpc) is 3.01.